The molecule has 0 aliphatic carbocycles. The first-order valence-electron chi connectivity index (χ1n) is 11.7. The second kappa shape index (κ2) is 11.2. The van der Waals surface area contributed by atoms with Crippen molar-refractivity contribution in [3.8, 4) is 17.3 Å². The van der Waals surface area contributed by atoms with Gasteiger partial charge in [0.2, 0.25) is 17.0 Å². The number of ketones is 1. The summed E-state index contributed by atoms with van der Waals surface area (Å²) in [6.45, 7) is 2.20. The number of nitrogens with two attached hydrogens (primary N) is 1. The van der Waals surface area contributed by atoms with E-state index in [-0.39, 0.29) is 39.6 Å². The van der Waals surface area contributed by atoms with Crippen LogP contribution in [-0.4, -0.2) is 26.4 Å². The zero-order chi connectivity index (χ0) is 24.6. The van der Waals surface area contributed by atoms with Crippen LogP contribution in [0, 0.1) is 0 Å². The van der Waals surface area contributed by atoms with Crippen molar-refractivity contribution in [2.45, 2.75) is 45.4 Å². The highest BCUT2D eigenvalue weighted by Crippen LogP contribution is 2.27. The highest BCUT2D eigenvalue weighted by Gasteiger charge is 2.21. The Morgan fingerprint density at radius 1 is 1.11 bits per heavy atom. The smallest absolute Gasteiger partial charge is 0.242 e. The van der Waals surface area contributed by atoms with Gasteiger partial charge in [-0.1, -0.05) is 44.7 Å². The standard InChI is InChI=1S/C26H27N5O4/c1-2-3-4-5-6-7-8-16-34-18-14-12-17(13-15-18)23(32)19-10-9-11-20-21(19)24(33)22(27)25(35-20)26-28-30-31-29-26/h8-16H,2-7,27H2,1H3,(H,28,29,30,31). The van der Waals surface area contributed by atoms with Gasteiger partial charge < -0.3 is 14.9 Å². The summed E-state index contributed by atoms with van der Waals surface area (Å²) in [5, 5.41) is 13.5. The number of allylic oxidation sites excluding steroid dienone is 1. The van der Waals surface area contributed by atoms with Crippen LogP contribution in [0.2, 0.25) is 0 Å². The predicted octanol–water partition coefficient (Wildman–Crippen LogP) is 5.04. The molecular formula is C26H27N5O4. The molecule has 0 unspecified atom stereocenters. The molecule has 4 aromatic rings. The Kier molecular flexibility index (Phi) is 7.67. The van der Waals surface area contributed by atoms with Crippen LogP contribution in [0.25, 0.3) is 22.6 Å². The molecule has 3 N–H and O–H groups in total. The minimum Gasteiger partial charge on any atom is -0.465 e. The number of unbranched alkanes of at least 4 members (excludes halogenated alkanes) is 5. The van der Waals surface area contributed by atoms with Gasteiger partial charge in [0.15, 0.2) is 5.78 Å². The van der Waals surface area contributed by atoms with Gasteiger partial charge in [-0.3, -0.25) is 9.59 Å². The monoisotopic (exact) mass is 473 g/mol. The summed E-state index contributed by atoms with van der Waals surface area (Å²) < 4.78 is 11.4. The number of tetrazole rings is 1. The number of anilines is 1. The van der Waals surface area contributed by atoms with Gasteiger partial charge in [0.25, 0.3) is 0 Å². The van der Waals surface area contributed by atoms with Crippen LogP contribution in [0.3, 0.4) is 0 Å². The number of nitrogen functional groups attached to an aromatic ring is 1. The molecule has 0 fully saturated rings. The lowest BCUT2D eigenvalue weighted by Gasteiger charge is -2.08. The quantitative estimate of drug-likeness (QED) is 0.176. The van der Waals surface area contributed by atoms with Crippen molar-refractivity contribution in [2.24, 2.45) is 0 Å². The molecule has 0 saturated carbocycles. The average Bonchev–Trinajstić information content (AvgIpc) is 3.42. The number of H-pyrrole nitrogens is 1. The fourth-order valence-corrected chi connectivity index (χ4v) is 3.77. The Bertz CT molecular complexity index is 1380. The summed E-state index contributed by atoms with van der Waals surface area (Å²) in [4.78, 5) is 26.3. The van der Waals surface area contributed by atoms with Gasteiger partial charge in [0, 0.05) is 11.1 Å². The molecule has 0 saturated heterocycles. The molecule has 2 aromatic heterocycles. The highest BCUT2D eigenvalue weighted by atomic mass is 16.5. The number of rotatable bonds is 11. The molecule has 0 radical (unpaired) electrons. The number of carbonyl (C=O) groups is 1. The summed E-state index contributed by atoms with van der Waals surface area (Å²) in [7, 11) is 0. The summed E-state index contributed by atoms with van der Waals surface area (Å²) in [6.07, 6.45) is 10.8. The number of hydrogen-bond acceptors (Lipinski definition) is 8. The van der Waals surface area contributed by atoms with E-state index in [4.69, 9.17) is 14.9 Å². The minimum atomic E-state index is -0.533. The fraction of sp³-hybridized carbons (Fsp3) is 0.269. The van der Waals surface area contributed by atoms with Crippen LogP contribution in [0.4, 0.5) is 5.69 Å². The third kappa shape index (κ3) is 5.46. The van der Waals surface area contributed by atoms with E-state index in [0.29, 0.717) is 11.3 Å². The number of ether oxygens (including phenoxy) is 1. The topological polar surface area (TPSA) is 137 Å². The van der Waals surface area contributed by atoms with Crippen LogP contribution in [0.15, 0.2) is 64.0 Å². The molecule has 2 aromatic carbocycles. The normalized spacial score (nSPS) is 11.3. The molecule has 0 bridgehead atoms. The van der Waals surface area contributed by atoms with E-state index in [1.165, 1.54) is 25.7 Å². The van der Waals surface area contributed by atoms with Crippen molar-refractivity contribution >= 4 is 22.4 Å². The molecule has 0 atom stereocenters. The van der Waals surface area contributed by atoms with Crippen molar-refractivity contribution in [2.75, 3.05) is 5.73 Å². The van der Waals surface area contributed by atoms with Gasteiger partial charge in [-0.2, -0.15) is 5.21 Å². The largest absolute Gasteiger partial charge is 0.465 e. The summed E-state index contributed by atoms with van der Waals surface area (Å²) in [5.74, 6) is 0.342. The Hall–Kier alpha value is -4.27. The Morgan fingerprint density at radius 2 is 1.91 bits per heavy atom. The lowest BCUT2D eigenvalue weighted by atomic mass is 9.98. The van der Waals surface area contributed by atoms with Crippen LogP contribution < -0.4 is 15.9 Å². The molecule has 9 nitrogen and oxygen atoms in total. The highest BCUT2D eigenvalue weighted by molar-refractivity contribution is 6.16. The number of nitrogens with zero attached hydrogens (tertiary/aromatic N) is 3. The van der Waals surface area contributed by atoms with E-state index in [1.54, 1.807) is 48.7 Å². The van der Waals surface area contributed by atoms with Gasteiger partial charge >= 0.3 is 0 Å². The fourth-order valence-electron chi connectivity index (χ4n) is 3.77. The van der Waals surface area contributed by atoms with Crippen LogP contribution in [-0.2, 0) is 0 Å². The van der Waals surface area contributed by atoms with Crippen LogP contribution in [0.5, 0.6) is 5.75 Å². The van der Waals surface area contributed by atoms with Gasteiger partial charge in [-0.15, -0.1) is 10.2 Å². The number of carbonyl (C=O) groups excluding carboxylic acids is 1. The van der Waals surface area contributed by atoms with Gasteiger partial charge in [-0.25, -0.2) is 0 Å². The lowest BCUT2D eigenvalue weighted by molar-refractivity contribution is 0.104. The maximum absolute atomic E-state index is 13.2. The minimum absolute atomic E-state index is 0.00337. The average molecular weight is 474 g/mol. The molecule has 0 aliphatic rings. The lowest BCUT2D eigenvalue weighted by Crippen LogP contribution is -2.14. The Morgan fingerprint density at radius 3 is 2.66 bits per heavy atom. The summed E-state index contributed by atoms with van der Waals surface area (Å²) >= 11 is 0. The van der Waals surface area contributed by atoms with E-state index in [0.717, 1.165) is 12.8 Å². The van der Waals surface area contributed by atoms with E-state index >= 15 is 0 Å². The van der Waals surface area contributed by atoms with Crippen LogP contribution in [0.1, 0.15) is 61.4 Å². The van der Waals surface area contributed by atoms with Crippen molar-refractivity contribution in [3.05, 3.63) is 76.2 Å². The first-order valence-corrected chi connectivity index (χ1v) is 11.7. The van der Waals surface area contributed by atoms with Gasteiger partial charge in [0.1, 0.15) is 17.0 Å². The predicted molar refractivity (Wildman–Crippen MR) is 133 cm³/mol. The molecule has 0 amide bonds. The third-order valence-electron chi connectivity index (χ3n) is 5.64. The summed E-state index contributed by atoms with van der Waals surface area (Å²) in [5.41, 5.74) is 6.08. The number of nitrogens with one attached hydrogen (secondary N) is 1. The zero-order valence-corrected chi connectivity index (χ0v) is 19.5. The molecule has 2 heterocycles. The van der Waals surface area contributed by atoms with Crippen molar-refractivity contribution in [1.29, 1.82) is 0 Å². The van der Waals surface area contributed by atoms with E-state index in [1.807, 2.05) is 6.08 Å². The first-order chi connectivity index (χ1) is 17.1. The summed E-state index contributed by atoms with van der Waals surface area (Å²) in [6, 6.07) is 11.6. The van der Waals surface area contributed by atoms with Crippen molar-refractivity contribution in [1.82, 2.24) is 20.6 Å². The molecule has 4 rings (SSSR count). The molecular weight excluding hydrogens is 446 g/mol. The molecule has 0 aliphatic heterocycles. The number of hydrogen-bond donors (Lipinski definition) is 2. The molecule has 9 heteroatoms. The molecule has 180 valence electrons. The Labute approximate surface area is 202 Å². The maximum atomic E-state index is 13.2. The van der Waals surface area contributed by atoms with Crippen molar-refractivity contribution in [3.63, 3.8) is 0 Å². The first kappa shape index (κ1) is 23.9. The molecule has 35 heavy (non-hydrogen) atoms. The van der Waals surface area contributed by atoms with Gasteiger partial charge in [0.05, 0.1) is 11.6 Å². The maximum Gasteiger partial charge on any atom is 0.242 e. The van der Waals surface area contributed by atoms with E-state index in [9.17, 15) is 9.59 Å². The van der Waals surface area contributed by atoms with Crippen LogP contribution >= 0.6 is 0 Å². The second-order valence-corrected chi connectivity index (χ2v) is 8.13. The second-order valence-electron chi connectivity index (χ2n) is 8.13. The number of aromatic nitrogens is 4. The number of fused-ring (bicyclic) bond motifs is 1. The van der Waals surface area contributed by atoms with E-state index < -0.39 is 5.43 Å². The number of aromatic amines is 1. The zero-order valence-electron chi connectivity index (χ0n) is 19.5. The third-order valence-corrected chi connectivity index (χ3v) is 5.64. The van der Waals surface area contributed by atoms with Gasteiger partial charge in [-0.05, 0) is 54.5 Å². The Balaban J connectivity index is 1.49. The number of benzene rings is 2. The SMILES string of the molecule is CCCCCCCC=COc1ccc(C(=O)c2cccc3oc(-c4nn[nH]n4)c(N)c(=O)c23)cc1. The van der Waals surface area contributed by atoms with E-state index in [2.05, 4.69) is 27.5 Å². The molecule has 0 spiro atoms. The van der Waals surface area contributed by atoms with Crippen molar-refractivity contribution < 1.29 is 13.9 Å².